The van der Waals surface area contributed by atoms with E-state index in [0.717, 1.165) is 31.9 Å². The van der Waals surface area contributed by atoms with E-state index in [0.29, 0.717) is 36.3 Å². The van der Waals surface area contributed by atoms with Crippen molar-refractivity contribution in [3.05, 3.63) is 85.8 Å². The predicted octanol–water partition coefficient (Wildman–Crippen LogP) is 7.65. The van der Waals surface area contributed by atoms with Gasteiger partial charge >= 0.3 is 0 Å². The standard InChI is InChI=1S/C23H22BrCl2NO2/c1-3-28-22-11-16(13-27-18-9-8-15(2)21(26)12-18)10-19(24)23(22)29-14-17-6-4-5-7-20(17)25/h4-12,27H,3,13-14H2,1-2H3. The quantitative estimate of drug-likeness (QED) is 0.348. The smallest absolute Gasteiger partial charge is 0.175 e. The van der Waals surface area contributed by atoms with Gasteiger partial charge in [0.15, 0.2) is 11.5 Å². The van der Waals surface area contributed by atoms with Crippen LogP contribution in [0.2, 0.25) is 10.0 Å². The van der Waals surface area contributed by atoms with Crippen LogP contribution in [-0.2, 0) is 13.2 Å². The van der Waals surface area contributed by atoms with Gasteiger partial charge in [-0.1, -0.05) is 47.5 Å². The first-order valence-corrected chi connectivity index (χ1v) is 10.8. The van der Waals surface area contributed by atoms with Gasteiger partial charge in [0.25, 0.3) is 0 Å². The Labute approximate surface area is 190 Å². The molecule has 0 aliphatic heterocycles. The highest BCUT2D eigenvalue weighted by atomic mass is 79.9. The summed E-state index contributed by atoms with van der Waals surface area (Å²) in [6, 6.07) is 17.6. The maximum absolute atomic E-state index is 6.24. The Balaban J connectivity index is 1.76. The van der Waals surface area contributed by atoms with Crippen LogP contribution in [-0.4, -0.2) is 6.61 Å². The first-order chi connectivity index (χ1) is 14.0. The number of nitrogens with one attached hydrogen (secondary N) is 1. The van der Waals surface area contributed by atoms with Crippen LogP contribution in [0, 0.1) is 6.92 Å². The molecule has 3 rings (SSSR count). The fourth-order valence-electron chi connectivity index (χ4n) is 2.80. The molecule has 0 aliphatic carbocycles. The molecule has 1 N–H and O–H groups in total. The number of hydrogen-bond donors (Lipinski definition) is 1. The van der Waals surface area contributed by atoms with E-state index < -0.39 is 0 Å². The van der Waals surface area contributed by atoms with Crippen molar-refractivity contribution in [3.8, 4) is 11.5 Å². The van der Waals surface area contributed by atoms with Crippen molar-refractivity contribution in [1.29, 1.82) is 0 Å². The van der Waals surface area contributed by atoms with E-state index in [1.54, 1.807) is 0 Å². The molecule has 0 aliphatic rings. The van der Waals surface area contributed by atoms with Crippen molar-refractivity contribution in [3.63, 3.8) is 0 Å². The van der Waals surface area contributed by atoms with Crippen molar-refractivity contribution < 1.29 is 9.47 Å². The van der Waals surface area contributed by atoms with Crippen LogP contribution in [0.1, 0.15) is 23.6 Å². The van der Waals surface area contributed by atoms with E-state index in [2.05, 4.69) is 21.2 Å². The van der Waals surface area contributed by atoms with Crippen molar-refractivity contribution in [2.24, 2.45) is 0 Å². The monoisotopic (exact) mass is 493 g/mol. The number of aryl methyl sites for hydroxylation is 1. The van der Waals surface area contributed by atoms with Gasteiger partial charge in [-0.3, -0.25) is 0 Å². The third-order valence-corrected chi connectivity index (χ3v) is 5.73. The zero-order chi connectivity index (χ0) is 20.8. The van der Waals surface area contributed by atoms with E-state index in [1.807, 2.05) is 68.4 Å². The van der Waals surface area contributed by atoms with Crippen molar-refractivity contribution in [2.45, 2.75) is 27.0 Å². The van der Waals surface area contributed by atoms with E-state index in [4.69, 9.17) is 32.7 Å². The number of benzene rings is 3. The molecule has 0 bridgehead atoms. The minimum atomic E-state index is 0.359. The third kappa shape index (κ3) is 5.81. The summed E-state index contributed by atoms with van der Waals surface area (Å²) in [7, 11) is 0. The maximum Gasteiger partial charge on any atom is 0.175 e. The Morgan fingerprint density at radius 1 is 0.966 bits per heavy atom. The van der Waals surface area contributed by atoms with E-state index >= 15 is 0 Å². The van der Waals surface area contributed by atoms with Crippen molar-refractivity contribution in [2.75, 3.05) is 11.9 Å². The Morgan fingerprint density at radius 2 is 1.76 bits per heavy atom. The minimum Gasteiger partial charge on any atom is -0.490 e. The van der Waals surface area contributed by atoms with Crippen LogP contribution in [0.15, 0.2) is 59.1 Å². The van der Waals surface area contributed by atoms with Crippen LogP contribution < -0.4 is 14.8 Å². The summed E-state index contributed by atoms with van der Waals surface area (Å²) in [5.74, 6) is 1.35. The molecule has 6 heteroatoms. The van der Waals surface area contributed by atoms with Gasteiger partial charge in [-0.15, -0.1) is 0 Å². The van der Waals surface area contributed by atoms with Gasteiger partial charge in [0.05, 0.1) is 11.1 Å². The fourth-order valence-corrected chi connectivity index (χ4v) is 3.77. The first kappa shape index (κ1) is 21.8. The van der Waals surface area contributed by atoms with Gasteiger partial charge in [0, 0.05) is 27.8 Å². The number of hydrogen-bond acceptors (Lipinski definition) is 3. The van der Waals surface area contributed by atoms with E-state index in [1.165, 1.54) is 0 Å². The topological polar surface area (TPSA) is 30.5 Å². The van der Waals surface area contributed by atoms with Gasteiger partial charge in [-0.2, -0.15) is 0 Å². The van der Waals surface area contributed by atoms with Crippen molar-refractivity contribution in [1.82, 2.24) is 0 Å². The molecule has 3 aromatic rings. The molecular formula is C23H22BrCl2NO2. The summed E-state index contributed by atoms with van der Waals surface area (Å²) in [6.45, 7) is 5.46. The molecule has 29 heavy (non-hydrogen) atoms. The van der Waals surface area contributed by atoms with Gasteiger partial charge < -0.3 is 14.8 Å². The normalized spacial score (nSPS) is 10.7. The second-order valence-electron chi connectivity index (χ2n) is 6.54. The molecule has 0 atom stereocenters. The molecule has 0 aromatic heterocycles. The van der Waals surface area contributed by atoms with Gasteiger partial charge in [-0.05, 0) is 71.2 Å². The van der Waals surface area contributed by atoms with Gasteiger partial charge in [0.2, 0.25) is 0 Å². The number of ether oxygens (including phenoxy) is 2. The van der Waals surface area contributed by atoms with Gasteiger partial charge in [0.1, 0.15) is 6.61 Å². The Bertz CT molecular complexity index is 995. The number of anilines is 1. The second kappa shape index (κ2) is 10.2. The zero-order valence-electron chi connectivity index (χ0n) is 16.3. The maximum atomic E-state index is 6.24. The van der Waals surface area contributed by atoms with E-state index in [9.17, 15) is 0 Å². The molecule has 0 spiro atoms. The zero-order valence-corrected chi connectivity index (χ0v) is 19.4. The number of halogens is 3. The molecule has 0 saturated heterocycles. The second-order valence-corrected chi connectivity index (χ2v) is 8.20. The molecule has 0 fully saturated rings. The lowest BCUT2D eigenvalue weighted by molar-refractivity contribution is 0.267. The molecular weight excluding hydrogens is 473 g/mol. The summed E-state index contributed by atoms with van der Waals surface area (Å²) < 4.78 is 12.7. The Hall–Kier alpha value is -1.88. The highest BCUT2D eigenvalue weighted by Gasteiger charge is 2.13. The molecule has 3 nitrogen and oxygen atoms in total. The largest absolute Gasteiger partial charge is 0.490 e. The molecule has 3 aromatic carbocycles. The Morgan fingerprint density at radius 3 is 2.48 bits per heavy atom. The lowest BCUT2D eigenvalue weighted by Crippen LogP contribution is -2.04. The molecule has 0 amide bonds. The third-order valence-electron chi connectivity index (χ3n) is 4.37. The Kier molecular flexibility index (Phi) is 7.70. The van der Waals surface area contributed by atoms with Crippen LogP contribution in [0.25, 0.3) is 0 Å². The van der Waals surface area contributed by atoms with Gasteiger partial charge in [-0.25, -0.2) is 0 Å². The molecule has 0 unspecified atom stereocenters. The first-order valence-electron chi connectivity index (χ1n) is 9.29. The summed E-state index contributed by atoms with van der Waals surface area (Å²) in [6.07, 6.45) is 0. The van der Waals surface area contributed by atoms with Crippen LogP contribution in [0.3, 0.4) is 0 Å². The van der Waals surface area contributed by atoms with Crippen molar-refractivity contribution >= 4 is 44.8 Å². The van der Waals surface area contributed by atoms with Crippen LogP contribution in [0.5, 0.6) is 11.5 Å². The average molecular weight is 495 g/mol. The lowest BCUT2D eigenvalue weighted by atomic mass is 10.1. The highest BCUT2D eigenvalue weighted by Crippen LogP contribution is 2.38. The minimum absolute atomic E-state index is 0.359. The summed E-state index contributed by atoms with van der Waals surface area (Å²) in [5, 5.41) is 4.82. The lowest BCUT2D eigenvalue weighted by Gasteiger charge is -2.16. The molecule has 0 heterocycles. The number of rotatable bonds is 8. The summed E-state index contributed by atoms with van der Waals surface area (Å²) in [4.78, 5) is 0. The van der Waals surface area contributed by atoms with E-state index in [-0.39, 0.29) is 0 Å². The summed E-state index contributed by atoms with van der Waals surface area (Å²) >= 11 is 16.1. The molecule has 152 valence electrons. The van der Waals surface area contributed by atoms with Crippen LogP contribution in [0.4, 0.5) is 5.69 Å². The van der Waals surface area contributed by atoms with Crippen LogP contribution >= 0.6 is 39.1 Å². The fraction of sp³-hybridized carbons (Fsp3) is 0.217. The highest BCUT2D eigenvalue weighted by molar-refractivity contribution is 9.10. The molecule has 0 saturated carbocycles. The summed E-state index contributed by atoms with van der Waals surface area (Å²) in [5.41, 5.74) is 4.00. The SMILES string of the molecule is CCOc1cc(CNc2ccc(C)c(Cl)c2)cc(Br)c1OCc1ccccc1Cl. The predicted molar refractivity (Wildman–Crippen MR) is 125 cm³/mol. The average Bonchev–Trinajstić information content (AvgIpc) is 2.70. The molecule has 0 radical (unpaired) electrons.